The Balaban J connectivity index is 1.60. The predicted octanol–water partition coefficient (Wildman–Crippen LogP) is 7.15. The van der Waals surface area contributed by atoms with Gasteiger partial charge in [0.25, 0.3) is 0 Å². The van der Waals surface area contributed by atoms with Gasteiger partial charge in [-0.25, -0.2) is 0 Å². The van der Waals surface area contributed by atoms with Gasteiger partial charge in [-0.2, -0.15) is 0 Å². The van der Waals surface area contributed by atoms with Crippen molar-refractivity contribution in [2.24, 2.45) is 0 Å². The van der Waals surface area contributed by atoms with Crippen molar-refractivity contribution in [2.45, 2.75) is 50.8 Å². The molecule has 4 rings (SSSR count). The highest BCUT2D eigenvalue weighted by molar-refractivity contribution is 5.17. The molecule has 0 amide bonds. The quantitative estimate of drug-likeness (QED) is 0.113. The minimum atomic E-state index is -0.701. The van der Waals surface area contributed by atoms with E-state index >= 15 is 0 Å². The second-order valence-corrected chi connectivity index (χ2v) is 9.40. The predicted molar refractivity (Wildman–Crippen MR) is 159 cm³/mol. The molecular weight excluding hydrogens is 496 g/mol. The van der Waals surface area contributed by atoms with Crippen LogP contribution in [-0.2, 0) is 45.4 Å². The Kier molecular flexibility index (Phi) is 11.8. The molecule has 0 saturated carbocycles. The molecule has 0 spiro atoms. The molecule has 0 bridgehead atoms. The fourth-order valence-corrected chi connectivity index (χ4v) is 4.33. The van der Waals surface area contributed by atoms with Crippen molar-refractivity contribution < 1.29 is 18.9 Å². The van der Waals surface area contributed by atoms with Crippen molar-refractivity contribution >= 4 is 0 Å². The first-order valence-corrected chi connectivity index (χ1v) is 13.5. The summed E-state index contributed by atoms with van der Waals surface area (Å²) >= 11 is 0. The second kappa shape index (κ2) is 16.2. The summed E-state index contributed by atoms with van der Waals surface area (Å²) in [4.78, 5) is 0. The number of rotatable bonds is 16. The van der Waals surface area contributed by atoms with Crippen LogP contribution in [0.15, 0.2) is 134 Å². The molecule has 0 aliphatic heterocycles. The van der Waals surface area contributed by atoms with E-state index in [9.17, 15) is 0 Å². The van der Waals surface area contributed by atoms with Crippen molar-refractivity contribution in [2.75, 3.05) is 0 Å². The van der Waals surface area contributed by atoms with Gasteiger partial charge in [0.2, 0.25) is 0 Å². The molecule has 0 radical (unpaired) electrons. The number of hydrogen-bond acceptors (Lipinski definition) is 4. The summed E-state index contributed by atoms with van der Waals surface area (Å²) in [6.45, 7) is 5.50. The summed E-state index contributed by atoms with van der Waals surface area (Å²) in [7, 11) is 0. The van der Waals surface area contributed by atoms with Gasteiger partial charge in [-0.1, -0.05) is 133 Å². The lowest BCUT2D eigenvalue weighted by atomic mass is 10.0. The van der Waals surface area contributed by atoms with Crippen LogP contribution < -0.4 is 0 Å². The Bertz CT molecular complexity index is 1290. The number of hydrogen-bond donors (Lipinski definition) is 0. The minimum absolute atomic E-state index is 0.339. The zero-order chi connectivity index (χ0) is 27.8. The second-order valence-electron chi connectivity index (χ2n) is 9.40. The van der Waals surface area contributed by atoms with E-state index < -0.39 is 24.4 Å². The average molecular weight is 533 g/mol. The van der Waals surface area contributed by atoms with Gasteiger partial charge >= 0.3 is 0 Å². The lowest BCUT2D eigenvalue weighted by Gasteiger charge is -2.35. The molecule has 40 heavy (non-hydrogen) atoms. The van der Waals surface area contributed by atoms with Crippen LogP contribution in [0.2, 0.25) is 0 Å². The number of ether oxygens (including phenoxy) is 4. The molecule has 4 heteroatoms. The van der Waals surface area contributed by atoms with Crippen molar-refractivity contribution in [3.63, 3.8) is 0 Å². The van der Waals surface area contributed by atoms with E-state index in [2.05, 4.69) is 12.5 Å². The van der Waals surface area contributed by atoms with Crippen LogP contribution in [0.5, 0.6) is 0 Å². The lowest BCUT2D eigenvalue weighted by molar-refractivity contribution is -0.170. The van der Waals surface area contributed by atoms with Crippen LogP contribution in [0, 0.1) is 12.3 Å². The van der Waals surface area contributed by atoms with Crippen LogP contribution >= 0.6 is 0 Å². The number of benzene rings is 4. The van der Waals surface area contributed by atoms with E-state index in [1.54, 1.807) is 6.08 Å². The molecule has 4 nitrogen and oxygen atoms in total. The maximum Gasteiger partial charge on any atom is 0.147 e. The summed E-state index contributed by atoms with van der Waals surface area (Å²) in [5.74, 6) is 2.82. The van der Waals surface area contributed by atoms with Crippen LogP contribution in [0.1, 0.15) is 22.3 Å². The van der Waals surface area contributed by atoms with Gasteiger partial charge in [0.15, 0.2) is 0 Å². The third-order valence-corrected chi connectivity index (χ3v) is 6.47. The third kappa shape index (κ3) is 9.05. The van der Waals surface area contributed by atoms with E-state index in [4.69, 9.17) is 25.4 Å². The van der Waals surface area contributed by atoms with Crippen molar-refractivity contribution in [3.8, 4) is 12.3 Å². The van der Waals surface area contributed by atoms with Crippen LogP contribution in [0.25, 0.3) is 0 Å². The van der Waals surface area contributed by atoms with Gasteiger partial charge in [0, 0.05) is 0 Å². The molecular formula is C36H36O4. The van der Waals surface area contributed by atoms with Crippen molar-refractivity contribution in [3.05, 3.63) is 156 Å². The van der Waals surface area contributed by atoms with Gasteiger partial charge in [-0.15, -0.1) is 13.0 Å². The standard InChI is InChI=1S/C36H36O4/c1-3-33(37-25-29-17-9-5-10-18-29)35(39-27-31-21-13-7-14-22-31)36(40-28-32-23-15-8-16-24-32)34(4-2)38-26-30-19-11-6-12-20-30/h1,4-24,33-36H,2,25-28H2/t33-,34+,35+,36-/m0/s1. The smallest absolute Gasteiger partial charge is 0.147 e. The first-order chi connectivity index (χ1) is 19.8. The normalized spacial score (nSPS) is 14.0. The molecule has 0 aliphatic rings. The highest BCUT2D eigenvalue weighted by Crippen LogP contribution is 2.23. The van der Waals surface area contributed by atoms with Gasteiger partial charge < -0.3 is 18.9 Å². The lowest BCUT2D eigenvalue weighted by Crippen LogP contribution is -2.48. The first kappa shape index (κ1) is 29.0. The Hall–Kier alpha value is -3.98. The molecule has 0 heterocycles. The van der Waals surface area contributed by atoms with E-state index in [1.165, 1.54) is 0 Å². The van der Waals surface area contributed by atoms with Gasteiger partial charge in [-0.05, 0) is 22.3 Å². The molecule has 204 valence electrons. The van der Waals surface area contributed by atoms with Crippen LogP contribution in [0.3, 0.4) is 0 Å². The summed E-state index contributed by atoms with van der Waals surface area (Å²) in [6, 6.07) is 39.9. The summed E-state index contributed by atoms with van der Waals surface area (Å²) in [5.41, 5.74) is 4.12. The highest BCUT2D eigenvalue weighted by Gasteiger charge is 2.37. The fraction of sp³-hybridized carbons (Fsp3) is 0.222. The van der Waals surface area contributed by atoms with Crippen LogP contribution in [-0.4, -0.2) is 24.4 Å². The largest absolute Gasteiger partial charge is 0.368 e. The SMILES string of the molecule is C#C[C@H](OCc1ccccc1)[C@@H](OCc1ccccc1)[C@@H](OCc1ccccc1)[C@@H](C=C)OCc1ccccc1. The summed E-state index contributed by atoms with van der Waals surface area (Å²) in [6.07, 6.45) is 5.38. The monoisotopic (exact) mass is 532 g/mol. The van der Waals surface area contributed by atoms with E-state index in [0.717, 1.165) is 22.3 Å². The van der Waals surface area contributed by atoms with E-state index in [-0.39, 0.29) is 0 Å². The molecule has 0 N–H and O–H groups in total. The molecule has 0 aromatic heterocycles. The van der Waals surface area contributed by atoms with E-state index in [0.29, 0.717) is 26.4 Å². The zero-order valence-electron chi connectivity index (χ0n) is 22.7. The number of terminal acetylenes is 1. The topological polar surface area (TPSA) is 36.9 Å². The maximum absolute atomic E-state index is 6.56. The highest BCUT2D eigenvalue weighted by atomic mass is 16.6. The molecule has 0 unspecified atom stereocenters. The Morgan fingerprint density at radius 1 is 0.525 bits per heavy atom. The molecule has 4 aromatic carbocycles. The third-order valence-electron chi connectivity index (χ3n) is 6.47. The Labute approximate surface area is 238 Å². The average Bonchev–Trinajstić information content (AvgIpc) is 3.02. The molecule has 4 atom stereocenters. The first-order valence-electron chi connectivity index (χ1n) is 13.5. The molecule has 0 fully saturated rings. The van der Waals surface area contributed by atoms with E-state index in [1.807, 2.05) is 121 Å². The zero-order valence-corrected chi connectivity index (χ0v) is 22.7. The van der Waals surface area contributed by atoms with Gasteiger partial charge in [0.05, 0.1) is 26.4 Å². The summed E-state index contributed by atoms with van der Waals surface area (Å²) in [5, 5.41) is 0. The summed E-state index contributed by atoms with van der Waals surface area (Å²) < 4.78 is 25.8. The Morgan fingerprint density at radius 2 is 0.875 bits per heavy atom. The van der Waals surface area contributed by atoms with Gasteiger partial charge in [-0.3, -0.25) is 0 Å². The molecule has 0 aliphatic carbocycles. The van der Waals surface area contributed by atoms with Gasteiger partial charge in [0.1, 0.15) is 24.4 Å². The maximum atomic E-state index is 6.56. The minimum Gasteiger partial charge on any atom is -0.368 e. The van der Waals surface area contributed by atoms with Crippen molar-refractivity contribution in [1.82, 2.24) is 0 Å². The molecule has 4 aromatic rings. The molecule has 0 saturated heterocycles. The fourth-order valence-electron chi connectivity index (χ4n) is 4.33. The Morgan fingerprint density at radius 3 is 1.25 bits per heavy atom. The van der Waals surface area contributed by atoms with Crippen LogP contribution in [0.4, 0.5) is 0 Å². The van der Waals surface area contributed by atoms with Crippen molar-refractivity contribution in [1.29, 1.82) is 0 Å².